The van der Waals surface area contributed by atoms with Crippen LogP contribution < -0.4 is 5.32 Å². The van der Waals surface area contributed by atoms with Crippen molar-refractivity contribution in [2.45, 2.75) is 13.0 Å². The lowest BCUT2D eigenvalue weighted by Crippen LogP contribution is -2.42. The maximum atomic E-state index is 11.5. The summed E-state index contributed by atoms with van der Waals surface area (Å²) in [6.07, 6.45) is 1.61. The molecule has 94 valence electrons. The smallest absolute Gasteiger partial charge is 0.274 e. The van der Waals surface area contributed by atoms with Crippen LogP contribution in [0.15, 0.2) is 18.3 Å². The van der Waals surface area contributed by atoms with E-state index in [1.165, 1.54) is 0 Å². The number of aliphatic hydroxyl groups excluding tert-OH is 1. The van der Waals surface area contributed by atoms with E-state index < -0.39 is 11.8 Å². The first-order valence-corrected chi connectivity index (χ1v) is 5.33. The van der Waals surface area contributed by atoms with Gasteiger partial charge in [0.15, 0.2) is 0 Å². The van der Waals surface area contributed by atoms with E-state index >= 15 is 0 Å². The molecule has 0 radical (unpaired) electrons. The van der Waals surface area contributed by atoms with Crippen molar-refractivity contribution >= 4 is 11.8 Å². The standard InChI is InChI=1S/C11H17N3O3/c1-8(7-15)14(2)6-10(16)13-11(17)9-4-3-5-12-9/h3-5,8,12,15H,6-7H2,1-2H3,(H,13,16,17). The molecule has 0 saturated carbocycles. The van der Waals surface area contributed by atoms with Gasteiger partial charge in [0.05, 0.1) is 13.2 Å². The number of aliphatic hydroxyl groups is 1. The lowest BCUT2D eigenvalue weighted by Gasteiger charge is -2.21. The summed E-state index contributed by atoms with van der Waals surface area (Å²) in [5.41, 5.74) is 0.344. The fourth-order valence-electron chi connectivity index (χ4n) is 1.23. The summed E-state index contributed by atoms with van der Waals surface area (Å²) in [5.74, 6) is -0.850. The molecule has 1 heterocycles. The van der Waals surface area contributed by atoms with Gasteiger partial charge in [-0.05, 0) is 26.1 Å². The van der Waals surface area contributed by atoms with Crippen molar-refractivity contribution < 1.29 is 14.7 Å². The van der Waals surface area contributed by atoms with Crippen LogP contribution in [0.5, 0.6) is 0 Å². The minimum absolute atomic E-state index is 0.0334. The highest BCUT2D eigenvalue weighted by molar-refractivity contribution is 6.04. The molecule has 0 aliphatic carbocycles. The Morgan fingerprint density at radius 3 is 2.82 bits per heavy atom. The normalized spacial score (nSPS) is 12.5. The number of imide groups is 1. The molecule has 17 heavy (non-hydrogen) atoms. The molecule has 0 fully saturated rings. The Balaban J connectivity index is 2.42. The van der Waals surface area contributed by atoms with Crippen molar-refractivity contribution in [1.82, 2.24) is 15.2 Å². The summed E-state index contributed by atoms with van der Waals surface area (Å²) in [4.78, 5) is 27.4. The Bertz CT molecular complexity index is 375. The largest absolute Gasteiger partial charge is 0.395 e. The Hall–Kier alpha value is -1.66. The second-order valence-corrected chi connectivity index (χ2v) is 3.91. The topological polar surface area (TPSA) is 85.4 Å². The first kappa shape index (κ1) is 13.4. The van der Waals surface area contributed by atoms with Gasteiger partial charge in [0.2, 0.25) is 5.91 Å². The van der Waals surface area contributed by atoms with Crippen molar-refractivity contribution in [2.75, 3.05) is 20.2 Å². The maximum absolute atomic E-state index is 11.5. The number of carbonyl (C=O) groups excluding carboxylic acids is 2. The van der Waals surface area contributed by atoms with Gasteiger partial charge in [-0.3, -0.25) is 19.8 Å². The third kappa shape index (κ3) is 4.01. The number of H-pyrrole nitrogens is 1. The Morgan fingerprint density at radius 1 is 1.59 bits per heavy atom. The summed E-state index contributed by atoms with van der Waals surface area (Å²) in [6.45, 7) is 1.82. The molecule has 1 rings (SSSR count). The SMILES string of the molecule is CC(CO)N(C)CC(=O)NC(=O)c1ccc[nH]1. The number of aromatic amines is 1. The van der Waals surface area contributed by atoms with Crippen LogP contribution in [0.1, 0.15) is 17.4 Å². The Labute approximate surface area is 99.6 Å². The third-order valence-electron chi connectivity index (χ3n) is 2.51. The van der Waals surface area contributed by atoms with Gasteiger partial charge in [-0.1, -0.05) is 0 Å². The number of nitrogens with one attached hydrogen (secondary N) is 2. The molecule has 6 nitrogen and oxygen atoms in total. The number of nitrogens with zero attached hydrogens (tertiary/aromatic N) is 1. The maximum Gasteiger partial charge on any atom is 0.274 e. The average molecular weight is 239 g/mol. The van der Waals surface area contributed by atoms with Crippen molar-refractivity contribution in [3.8, 4) is 0 Å². The van der Waals surface area contributed by atoms with Crippen LogP contribution >= 0.6 is 0 Å². The molecule has 1 atom stereocenters. The highest BCUT2D eigenvalue weighted by Crippen LogP contribution is 1.95. The summed E-state index contributed by atoms with van der Waals surface area (Å²) >= 11 is 0. The van der Waals surface area contributed by atoms with E-state index in [4.69, 9.17) is 5.11 Å². The van der Waals surface area contributed by atoms with Gasteiger partial charge >= 0.3 is 0 Å². The van der Waals surface area contributed by atoms with Gasteiger partial charge in [-0.2, -0.15) is 0 Å². The van der Waals surface area contributed by atoms with Gasteiger partial charge < -0.3 is 10.1 Å². The van der Waals surface area contributed by atoms with Gasteiger partial charge in [0.1, 0.15) is 5.69 Å². The van der Waals surface area contributed by atoms with Crippen molar-refractivity contribution in [2.24, 2.45) is 0 Å². The first-order valence-electron chi connectivity index (χ1n) is 5.33. The van der Waals surface area contributed by atoms with E-state index in [-0.39, 0.29) is 19.2 Å². The molecule has 0 bridgehead atoms. The second kappa shape index (κ2) is 6.17. The summed E-state index contributed by atoms with van der Waals surface area (Å²) in [5, 5.41) is 11.2. The molecule has 1 unspecified atom stereocenters. The molecule has 1 aromatic rings. The van der Waals surface area contributed by atoms with Crippen LogP contribution in [-0.4, -0.2) is 53.0 Å². The Kier molecular flexibility index (Phi) is 4.86. The van der Waals surface area contributed by atoms with Crippen LogP contribution in [0.25, 0.3) is 0 Å². The quantitative estimate of drug-likeness (QED) is 0.651. The molecular weight excluding hydrogens is 222 g/mol. The van der Waals surface area contributed by atoms with Crippen LogP contribution in [-0.2, 0) is 4.79 Å². The lowest BCUT2D eigenvalue weighted by atomic mass is 10.3. The minimum Gasteiger partial charge on any atom is -0.395 e. The molecule has 3 N–H and O–H groups in total. The van der Waals surface area contributed by atoms with Crippen LogP contribution in [0.4, 0.5) is 0 Å². The number of amides is 2. The highest BCUT2D eigenvalue weighted by atomic mass is 16.3. The summed E-state index contributed by atoms with van der Waals surface area (Å²) < 4.78 is 0. The average Bonchev–Trinajstić information content (AvgIpc) is 2.80. The van der Waals surface area contributed by atoms with Crippen LogP contribution in [0, 0.1) is 0 Å². The van der Waals surface area contributed by atoms with E-state index in [2.05, 4.69) is 10.3 Å². The highest BCUT2D eigenvalue weighted by Gasteiger charge is 2.15. The van der Waals surface area contributed by atoms with E-state index in [1.807, 2.05) is 0 Å². The van der Waals surface area contributed by atoms with Gasteiger partial charge in [0.25, 0.3) is 5.91 Å². The number of hydrogen-bond acceptors (Lipinski definition) is 4. The van der Waals surface area contributed by atoms with Gasteiger partial charge in [0, 0.05) is 12.2 Å². The third-order valence-corrected chi connectivity index (χ3v) is 2.51. The molecule has 0 aliphatic heterocycles. The fraction of sp³-hybridized carbons (Fsp3) is 0.455. The molecule has 0 aliphatic rings. The number of hydrogen-bond donors (Lipinski definition) is 3. The molecule has 1 aromatic heterocycles. The molecule has 0 saturated heterocycles. The van der Waals surface area contributed by atoms with Crippen LogP contribution in [0.2, 0.25) is 0 Å². The predicted octanol–water partition coefficient (Wildman–Crippen LogP) is -0.416. The second-order valence-electron chi connectivity index (χ2n) is 3.91. The number of aromatic nitrogens is 1. The van der Waals surface area contributed by atoms with Gasteiger partial charge in [-0.15, -0.1) is 0 Å². The van der Waals surface area contributed by atoms with E-state index in [0.29, 0.717) is 5.69 Å². The molecular formula is C11H17N3O3. The zero-order valence-electron chi connectivity index (χ0n) is 9.93. The van der Waals surface area contributed by atoms with E-state index in [1.54, 1.807) is 37.2 Å². The zero-order valence-corrected chi connectivity index (χ0v) is 9.93. The van der Waals surface area contributed by atoms with E-state index in [9.17, 15) is 9.59 Å². The monoisotopic (exact) mass is 239 g/mol. The predicted molar refractivity (Wildman–Crippen MR) is 62.4 cm³/mol. The Morgan fingerprint density at radius 2 is 2.29 bits per heavy atom. The lowest BCUT2D eigenvalue weighted by molar-refractivity contribution is -0.121. The number of likely N-dealkylation sites (N-methyl/N-ethyl adjacent to an activating group) is 1. The fourth-order valence-corrected chi connectivity index (χ4v) is 1.23. The number of carbonyl (C=O) groups is 2. The number of rotatable bonds is 5. The zero-order chi connectivity index (χ0) is 12.8. The summed E-state index contributed by atoms with van der Waals surface area (Å²) in [7, 11) is 1.71. The van der Waals surface area contributed by atoms with Crippen molar-refractivity contribution in [3.05, 3.63) is 24.0 Å². The summed E-state index contributed by atoms with van der Waals surface area (Å²) in [6, 6.07) is 3.14. The molecule has 0 spiro atoms. The van der Waals surface area contributed by atoms with Crippen molar-refractivity contribution in [3.63, 3.8) is 0 Å². The molecule has 0 aromatic carbocycles. The molecule has 2 amide bonds. The van der Waals surface area contributed by atoms with Crippen molar-refractivity contribution in [1.29, 1.82) is 0 Å². The van der Waals surface area contributed by atoms with Crippen LogP contribution in [0.3, 0.4) is 0 Å². The van der Waals surface area contributed by atoms with E-state index in [0.717, 1.165) is 0 Å². The first-order chi connectivity index (χ1) is 8.04. The minimum atomic E-state index is -0.454. The molecule has 6 heteroatoms. The van der Waals surface area contributed by atoms with Gasteiger partial charge in [-0.25, -0.2) is 0 Å².